The van der Waals surface area contributed by atoms with Crippen LogP contribution >= 0.6 is 0 Å². The van der Waals surface area contributed by atoms with Crippen molar-refractivity contribution in [3.63, 3.8) is 0 Å². The second kappa shape index (κ2) is 5.92. The van der Waals surface area contributed by atoms with Crippen molar-refractivity contribution >= 4 is 11.6 Å². The molecule has 0 atom stereocenters. The van der Waals surface area contributed by atoms with Crippen molar-refractivity contribution in [3.05, 3.63) is 72.9 Å². The maximum Gasteiger partial charge on any atom is 0.269 e. The number of hydrogen-bond acceptors (Lipinski definition) is 3. The fraction of sp³-hybridized carbons (Fsp3) is 0. The van der Waals surface area contributed by atoms with Crippen molar-refractivity contribution in [2.45, 2.75) is 0 Å². The minimum atomic E-state index is 0.225. The molecule has 0 fully saturated rings. The molecule has 0 radical (unpaired) electrons. The van der Waals surface area contributed by atoms with Crippen molar-refractivity contribution in [1.29, 1.82) is 5.53 Å². The first-order valence-corrected chi connectivity index (χ1v) is 6.49. The highest BCUT2D eigenvalue weighted by molar-refractivity contribution is 5.84. The Balaban J connectivity index is 1.94. The van der Waals surface area contributed by atoms with Crippen LogP contribution in [0.25, 0.3) is 11.3 Å². The summed E-state index contributed by atoms with van der Waals surface area (Å²) in [4.78, 5) is 4.32. The van der Waals surface area contributed by atoms with Crippen LogP contribution in [0.2, 0.25) is 0 Å². The van der Waals surface area contributed by atoms with E-state index in [0.29, 0.717) is 0 Å². The highest BCUT2D eigenvalue weighted by Gasteiger charge is 2.06. The van der Waals surface area contributed by atoms with Crippen LogP contribution in [0.5, 0.6) is 0 Å². The summed E-state index contributed by atoms with van der Waals surface area (Å²) in [6.07, 6.45) is 1.75. The summed E-state index contributed by atoms with van der Waals surface area (Å²) in [5, 5.41) is 7.88. The molecule has 2 aromatic carbocycles. The van der Waals surface area contributed by atoms with E-state index < -0.39 is 0 Å². The minimum Gasteiger partial charge on any atom is -0.210 e. The van der Waals surface area contributed by atoms with Gasteiger partial charge in [0.1, 0.15) is 0 Å². The number of rotatable bonds is 2. The molecular weight excluding hydrogens is 262 g/mol. The van der Waals surface area contributed by atoms with Crippen molar-refractivity contribution in [2.75, 3.05) is 0 Å². The summed E-state index contributed by atoms with van der Waals surface area (Å²) in [7, 11) is 0. The third kappa shape index (κ3) is 2.92. The van der Waals surface area contributed by atoms with Crippen LogP contribution in [0, 0.1) is 5.53 Å². The first-order chi connectivity index (χ1) is 10.4. The highest BCUT2D eigenvalue weighted by Crippen LogP contribution is 2.17. The first kappa shape index (κ1) is 12.9. The molecule has 0 aliphatic rings. The van der Waals surface area contributed by atoms with E-state index in [1.54, 1.807) is 6.20 Å². The van der Waals surface area contributed by atoms with Gasteiger partial charge >= 0.3 is 0 Å². The number of para-hydroxylation sites is 1. The van der Waals surface area contributed by atoms with Crippen LogP contribution in [0.15, 0.2) is 83.0 Å². The molecule has 0 bridgehead atoms. The topological polar surface area (TPSA) is 66.4 Å². The number of benzene rings is 2. The van der Waals surface area contributed by atoms with E-state index in [1.165, 1.54) is 4.68 Å². The molecule has 1 heterocycles. The lowest BCUT2D eigenvalue weighted by Crippen LogP contribution is -2.08. The van der Waals surface area contributed by atoms with Crippen molar-refractivity contribution < 1.29 is 0 Å². The molecule has 5 nitrogen and oxygen atoms in total. The van der Waals surface area contributed by atoms with Crippen molar-refractivity contribution in [1.82, 2.24) is 9.78 Å². The second-order valence-electron chi connectivity index (χ2n) is 4.37. The van der Waals surface area contributed by atoms with E-state index in [-0.39, 0.29) is 5.96 Å². The van der Waals surface area contributed by atoms with E-state index in [2.05, 4.69) is 15.2 Å². The fourth-order valence-electron chi connectivity index (χ4n) is 1.94. The van der Waals surface area contributed by atoms with Crippen LogP contribution in [0.3, 0.4) is 0 Å². The predicted octanol–water partition coefficient (Wildman–Crippen LogP) is 4.12. The number of aliphatic imine (C=N–C) groups is 1. The Kier molecular flexibility index (Phi) is 3.64. The van der Waals surface area contributed by atoms with Gasteiger partial charge in [0.2, 0.25) is 0 Å². The normalized spacial score (nSPS) is 11.3. The average molecular weight is 275 g/mol. The lowest BCUT2D eigenvalue weighted by atomic mass is 10.2. The van der Waals surface area contributed by atoms with Crippen LogP contribution in [0.1, 0.15) is 0 Å². The van der Waals surface area contributed by atoms with E-state index in [0.717, 1.165) is 16.9 Å². The van der Waals surface area contributed by atoms with E-state index in [9.17, 15) is 0 Å². The first-order valence-electron chi connectivity index (χ1n) is 6.49. The molecule has 3 rings (SSSR count). The monoisotopic (exact) mass is 275 g/mol. The molecule has 1 N–H and O–H groups in total. The van der Waals surface area contributed by atoms with Gasteiger partial charge in [-0.15, -0.1) is 5.11 Å². The lowest BCUT2D eigenvalue weighted by molar-refractivity contribution is 0.903. The Morgan fingerprint density at radius 3 is 2.24 bits per heavy atom. The van der Waals surface area contributed by atoms with Gasteiger partial charge in [-0.05, 0) is 18.2 Å². The zero-order valence-electron chi connectivity index (χ0n) is 11.2. The molecule has 21 heavy (non-hydrogen) atoms. The molecule has 5 heteroatoms. The van der Waals surface area contributed by atoms with Crippen LogP contribution in [-0.2, 0) is 0 Å². The van der Waals surface area contributed by atoms with Gasteiger partial charge in [0.15, 0.2) is 0 Å². The Hall–Kier alpha value is -3.08. The Morgan fingerprint density at radius 2 is 1.57 bits per heavy atom. The zero-order chi connectivity index (χ0) is 14.5. The van der Waals surface area contributed by atoms with Gasteiger partial charge in [-0.2, -0.15) is 5.10 Å². The summed E-state index contributed by atoms with van der Waals surface area (Å²) in [5.74, 6) is 0.225. The Bertz CT molecular complexity index is 760. The van der Waals surface area contributed by atoms with Crippen molar-refractivity contribution in [3.8, 4) is 11.3 Å². The molecule has 102 valence electrons. The number of nitrogens with one attached hydrogen (secondary N) is 1. The van der Waals surface area contributed by atoms with Crippen molar-refractivity contribution in [2.24, 2.45) is 10.1 Å². The zero-order valence-corrected chi connectivity index (χ0v) is 11.2. The number of aromatic nitrogens is 2. The predicted molar refractivity (Wildman–Crippen MR) is 81.7 cm³/mol. The van der Waals surface area contributed by atoms with E-state index in [1.807, 2.05) is 66.7 Å². The average Bonchev–Trinajstić information content (AvgIpc) is 3.04. The SMILES string of the molecule is N=N/C(=N\c1ccccc1)n1ccc(-c2ccccc2)n1. The number of hydrogen-bond donors (Lipinski definition) is 1. The molecule has 3 aromatic rings. The van der Waals surface area contributed by atoms with Gasteiger partial charge in [0.25, 0.3) is 5.96 Å². The maximum absolute atomic E-state index is 7.29. The highest BCUT2D eigenvalue weighted by atomic mass is 15.4. The largest absolute Gasteiger partial charge is 0.269 e. The van der Waals surface area contributed by atoms with E-state index >= 15 is 0 Å². The molecule has 0 saturated carbocycles. The van der Waals surface area contributed by atoms with Crippen LogP contribution in [0.4, 0.5) is 5.69 Å². The summed E-state index contributed by atoms with van der Waals surface area (Å²) in [5.41, 5.74) is 9.86. The van der Waals surface area contributed by atoms with Gasteiger partial charge in [-0.1, -0.05) is 48.5 Å². The molecule has 1 aromatic heterocycles. The molecule has 0 aliphatic heterocycles. The minimum absolute atomic E-state index is 0.225. The maximum atomic E-state index is 7.29. The summed E-state index contributed by atoms with van der Waals surface area (Å²) >= 11 is 0. The number of nitrogens with zero attached hydrogens (tertiary/aromatic N) is 4. The summed E-state index contributed by atoms with van der Waals surface area (Å²) in [6, 6.07) is 21.1. The summed E-state index contributed by atoms with van der Waals surface area (Å²) in [6.45, 7) is 0. The quantitative estimate of drug-likeness (QED) is 0.426. The van der Waals surface area contributed by atoms with Gasteiger partial charge < -0.3 is 0 Å². The van der Waals surface area contributed by atoms with Crippen LogP contribution < -0.4 is 0 Å². The molecule has 0 amide bonds. The van der Waals surface area contributed by atoms with Gasteiger partial charge in [0.05, 0.1) is 11.4 Å². The molecule has 0 aliphatic carbocycles. The van der Waals surface area contributed by atoms with E-state index in [4.69, 9.17) is 5.53 Å². The Labute approximate surface area is 122 Å². The van der Waals surface area contributed by atoms with Gasteiger partial charge in [-0.3, -0.25) is 0 Å². The summed E-state index contributed by atoms with van der Waals surface area (Å²) < 4.78 is 1.50. The van der Waals surface area contributed by atoms with Gasteiger partial charge in [0, 0.05) is 11.8 Å². The molecule has 0 spiro atoms. The fourth-order valence-corrected chi connectivity index (χ4v) is 1.94. The second-order valence-corrected chi connectivity index (χ2v) is 4.37. The smallest absolute Gasteiger partial charge is 0.210 e. The molecular formula is C16H13N5. The third-order valence-electron chi connectivity index (χ3n) is 2.95. The molecule has 0 saturated heterocycles. The Morgan fingerprint density at radius 1 is 0.905 bits per heavy atom. The van der Waals surface area contributed by atoms with Gasteiger partial charge in [-0.25, -0.2) is 15.2 Å². The third-order valence-corrected chi connectivity index (χ3v) is 2.95. The standard InChI is InChI=1S/C16H13N5/c17-19-16(18-14-9-5-2-6-10-14)21-12-11-15(20-21)13-7-3-1-4-8-13/h1-12,17H/b18-16+,19-17?. The molecule has 0 unspecified atom stereocenters. The van der Waals surface area contributed by atoms with Crippen LogP contribution in [-0.4, -0.2) is 15.7 Å². The lowest BCUT2D eigenvalue weighted by Gasteiger charge is -1.99.